The van der Waals surface area contributed by atoms with E-state index in [4.69, 9.17) is 5.73 Å². The fourth-order valence-corrected chi connectivity index (χ4v) is 1.01. The summed E-state index contributed by atoms with van der Waals surface area (Å²) in [5, 5.41) is 2.61. The fourth-order valence-electron chi connectivity index (χ4n) is 1.01. The van der Waals surface area contributed by atoms with Crippen LogP contribution in [0.3, 0.4) is 0 Å². The van der Waals surface area contributed by atoms with E-state index in [1.807, 2.05) is 6.92 Å². The molecule has 2 amide bonds. The summed E-state index contributed by atoms with van der Waals surface area (Å²) < 4.78 is 0. The van der Waals surface area contributed by atoms with Gasteiger partial charge in [0.25, 0.3) is 0 Å². The Hall–Kier alpha value is -1.06. The molecule has 0 aromatic carbocycles. The SMILES string of the molecule is CC[C@H](NC(=O)C1CC1)C(N)=O. The molecular weight excluding hydrogens is 156 g/mol. The van der Waals surface area contributed by atoms with E-state index in [1.54, 1.807) is 0 Å². The van der Waals surface area contributed by atoms with E-state index in [0.717, 1.165) is 12.8 Å². The highest BCUT2D eigenvalue weighted by atomic mass is 16.2. The zero-order chi connectivity index (χ0) is 9.14. The molecule has 1 aliphatic carbocycles. The van der Waals surface area contributed by atoms with Crippen LogP contribution in [0.25, 0.3) is 0 Å². The molecule has 0 heterocycles. The quantitative estimate of drug-likeness (QED) is 0.612. The number of carbonyl (C=O) groups is 2. The van der Waals surface area contributed by atoms with E-state index in [2.05, 4.69) is 5.32 Å². The molecule has 0 saturated heterocycles. The number of nitrogens with one attached hydrogen (secondary N) is 1. The van der Waals surface area contributed by atoms with Gasteiger partial charge in [-0.3, -0.25) is 9.59 Å². The summed E-state index contributed by atoms with van der Waals surface area (Å²) in [5.74, 6) is -0.342. The predicted molar refractivity (Wildman–Crippen MR) is 44.1 cm³/mol. The van der Waals surface area contributed by atoms with E-state index >= 15 is 0 Å². The monoisotopic (exact) mass is 170 g/mol. The lowest BCUT2D eigenvalue weighted by atomic mass is 10.2. The Morgan fingerprint density at radius 1 is 1.58 bits per heavy atom. The lowest BCUT2D eigenvalue weighted by Gasteiger charge is -2.12. The largest absolute Gasteiger partial charge is 0.368 e. The van der Waals surface area contributed by atoms with Crippen molar-refractivity contribution in [1.29, 1.82) is 0 Å². The lowest BCUT2D eigenvalue weighted by Crippen LogP contribution is -2.44. The molecule has 0 radical (unpaired) electrons. The first-order valence-corrected chi connectivity index (χ1v) is 4.24. The van der Waals surface area contributed by atoms with Gasteiger partial charge in [-0.1, -0.05) is 6.92 Å². The van der Waals surface area contributed by atoms with E-state index in [-0.39, 0.29) is 11.8 Å². The molecule has 0 unspecified atom stereocenters. The van der Waals surface area contributed by atoms with Gasteiger partial charge >= 0.3 is 0 Å². The van der Waals surface area contributed by atoms with Crippen LogP contribution in [0, 0.1) is 5.92 Å². The molecule has 1 aliphatic rings. The van der Waals surface area contributed by atoms with Gasteiger partial charge in [-0.15, -0.1) is 0 Å². The van der Waals surface area contributed by atoms with Crippen LogP contribution in [0.1, 0.15) is 26.2 Å². The molecule has 4 heteroatoms. The highest BCUT2D eigenvalue weighted by Crippen LogP contribution is 2.28. The second-order valence-electron chi connectivity index (χ2n) is 3.15. The van der Waals surface area contributed by atoms with Gasteiger partial charge in [-0.05, 0) is 19.3 Å². The Bertz CT molecular complexity index is 199. The summed E-state index contributed by atoms with van der Waals surface area (Å²) in [7, 11) is 0. The van der Waals surface area contributed by atoms with Crippen LogP contribution in [0.15, 0.2) is 0 Å². The van der Waals surface area contributed by atoms with Crippen molar-refractivity contribution >= 4 is 11.8 Å². The number of carbonyl (C=O) groups excluding carboxylic acids is 2. The Balaban J connectivity index is 2.35. The Morgan fingerprint density at radius 2 is 2.17 bits per heavy atom. The minimum absolute atomic E-state index is 0.0272. The molecule has 0 aromatic heterocycles. The third kappa shape index (κ3) is 2.22. The summed E-state index contributed by atoms with van der Waals surface area (Å²) in [4.78, 5) is 21.9. The molecule has 1 fully saturated rings. The van der Waals surface area contributed by atoms with E-state index in [9.17, 15) is 9.59 Å². The maximum atomic E-state index is 11.2. The molecule has 1 saturated carbocycles. The predicted octanol–water partition coefficient (Wildman–Crippen LogP) is -0.223. The summed E-state index contributed by atoms with van der Waals surface area (Å²) in [6, 6.07) is -0.488. The smallest absolute Gasteiger partial charge is 0.239 e. The molecular formula is C8H14N2O2. The zero-order valence-corrected chi connectivity index (χ0v) is 7.17. The molecule has 0 bridgehead atoms. The molecule has 3 N–H and O–H groups in total. The second kappa shape index (κ2) is 3.56. The number of primary amides is 1. The van der Waals surface area contributed by atoms with E-state index < -0.39 is 11.9 Å². The highest BCUT2D eigenvalue weighted by molar-refractivity contribution is 5.88. The molecule has 1 rings (SSSR count). The number of hydrogen-bond donors (Lipinski definition) is 2. The van der Waals surface area contributed by atoms with Gasteiger partial charge in [0.2, 0.25) is 11.8 Å². The van der Waals surface area contributed by atoms with E-state index in [0.29, 0.717) is 6.42 Å². The van der Waals surface area contributed by atoms with Crippen LogP contribution < -0.4 is 11.1 Å². The number of nitrogens with two attached hydrogens (primary N) is 1. The topological polar surface area (TPSA) is 72.2 Å². The summed E-state index contributed by atoms with van der Waals surface area (Å²) in [6.45, 7) is 1.82. The van der Waals surface area contributed by atoms with E-state index in [1.165, 1.54) is 0 Å². The van der Waals surface area contributed by atoms with Crippen molar-refractivity contribution in [3.63, 3.8) is 0 Å². The van der Waals surface area contributed by atoms with Crippen molar-refractivity contribution in [1.82, 2.24) is 5.32 Å². The summed E-state index contributed by atoms with van der Waals surface area (Å²) in [6.07, 6.45) is 2.45. The standard InChI is InChI=1S/C8H14N2O2/c1-2-6(7(9)11)10-8(12)5-3-4-5/h5-6H,2-4H2,1H3,(H2,9,11)(H,10,12)/t6-/m0/s1. The summed E-state index contributed by atoms with van der Waals surface area (Å²) in [5.41, 5.74) is 5.06. The first-order valence-electron chi connectivity index (χ1n) is 4.24. The van der Waals surface area contributed by atoms with Crippen LogP contribution in [-0.2, 0) is 9.59 Å². The first kappa shape index (κ1) is 9.03. The number of hydrogen-bond acceptors (Lipinski definition) is 2. The number of rotatable bonds is 4. The average molecular weight is 170 g/mol. The fraction of sp³-hybridized carbons (Fsp3) is 0.750. The minimum atomic E-state index is -0.488. The molecule has 12 heavy (non-hydrogen) atoms. The van der Waals surface area contributed by atoms with Gasteiger partial charge in [0.05, 0.1) is 0 Å². The third-order valence-corrected chi connectivity index (χ3v) is 2.02. The zero-order valence-electron chi connectivity index (χ0n) is 7.17. The summed E-state index contributed by atoms with van der Waals surface area (Å²) >= 11 is 0. The molecule has 0 aliphatic heterocycles. The minimum Gasteiger partial charge on any atom is -0.368 e. The van der Waals surface area contributed by atoms with Crippen molar-refractivity contribution in [3.05, 3.63) is 0 Å². The van der Waals surface area contributed by atoms with Gasteiger partial charge in [-0.25, -0.2) is 0 Å². The highest BCUT2D eigenvalue weighted by Gasteiger charge is 2.31. The third-order valence-electron chi connectivity index (χ3n) is 2.02. The Morgan fingerprint density at radius 3 is 2.50 bits per heavy atom. The van der Waals surface area contributed by atoms with Crippen LogP contribution >= 0.6 is 0 Å². The maximum absolute atomic E-state index is 11.2. The van der Waals surface area contributed by atoms with Crippen molar-refractivity contribution < 1.29 is 9.59 Å². The average Bonchev–Trinajstić information content (AvgIpc) is 2.80. The van der Waals surface area contributed by atoms with Crippen molar-refractivity contribution in [2.75, 3.05) is 0 Å². The molecule has 4 nitrogen and oxygen atoms in total. The van der Waals surface area contributed by atoms with Gasteiger partial charge < -0.3 is 11.1 Å². The lowest BCUT2D eigenvalue weighted by molar-refractivity contribution is -0.128. The van der Waals surface area contributed by atoms with Gasteiger partial charge in [-0.2, -0.15) is 0 Å². The van der Waals surface area contributed by atoms with Gasteiger partial charge in [0.1, 0.15) is 6.04 Å². The molecule has 68 valence electrons. The van der Waals surface area contributed by atoms with Crippen molar-refractivity contribution in [2.24, 2.45) is 11.7 Å². The molecule has 1 atom stereocenters. The maximum Gasteiger partial charge on any atom is 0.239 e. The normalized spacial score (nSPS) is 18.4. The van der Waals surface area contributed by atoms with Crippen LogP contribution in [-0.4, -0.2) is 17.9 Å². The Kier molecular flexibility index (Phi) is 2.68. The second-order valence-corrected chi connectivity index (χ2v) is 3.15. The molecule has 0 spiro atoms. The molecule has 0 aromatic rings. The van der Waals surface area contributed by atoms with Crippen LogP contribution in [0.4, 0.5) is 0 Å². The first-order chi connectivity index (χ1) is 5.65. The van der Waals surface area contributed by atoms with Gasteiger partial charge in [0.15, 0.2) is 0 Å². The van der Waals surface area contributed by atoms with Crippen molar-refractivity contribution in [3.8, 4) is 0 Å². The van der Waals surface area contributed by atoms with Crippen molar-refractivity contribution in [2.45, 2.75) is 32.2 Å². The van der Waals surface area contributed by atoms with Crippen LogP contribution in [0.5, 0.6) is 0 Å². The number of amides is 2. The van der Waals surface area contributed by atoms with Crippen LogP contribution in [0.2, 0.25) is 0 Å². The Labute approximate surface area is 71.5 Å². The van der Waals surface area contributed by atoms with Gasteiger partial charge in [0, 0.05) is 5.92 Å².